The Morgan fingerprint density at radius 2 is 2.23 bits per heavy atom. The first-order valence-corrected chi connectivity index (χ1v) is 5.70. The molecular weight excluding hydrogens is 160 g/mol. The molecule has 1 atom stereocenters. The van der Waals surface area contributed by atoms with Crippen molar-refractivity contribution in [2.24, 2.45) is 5.92 Å². The highest BCUT2D eigenvalue weighted by molar-refractivity contribution is 4.81. The zero-order chi connectivity index (χ0) is 9.68. The van der Waals surface area contributed by atoms with Crippen molar-refractivity contribution in [3.63, 3.8) is 0 Å². The number of piperazine rings is 1. The molecule has 0 aromatic rings. The fourth-order valence-electron chi connectivity index (χ4n) is 2.06. The Morgan fingerprint density at radius 1 is 1.46 bits per heavy atom. The predicted molar refractivity (Wildman–Crippen MR) is 58.0 cm³/mol. The fourth-order valence-corrected chi connectivity index (χ4v) is 2.06. The van der Waals surface area contributed by atoms with Gasteiger partial charge in [0, 0.05) is 25.7 Å². The van der Waals surface area contributed by atoms with E-state index in [9.17, 15) is 0 Å². The molecule has 0 amide bonds. The van der Waals surface area contributed by atoms with Crippen LogP contribution in [-0.2, 0) is 0 Å². The van der Waals surface area contributed by atoms with Gasteiger partial charge in [0.05, 0.1) is 0 Å². The Labute approximate surface area is 82.7 Å². The lowest BCUT2D eigenvalue weighted by molar-refractivity contribution is 0.123. The number of rotatable bonds is 4. The Hall–Kier alpha value is -0.0800. The van der Waals surface area contributed by atoms with Crippen LogP contribution in [0.2, 0.25) is 0 Å². The normalized spacial score (nSPS) is 25.4. The summed E-state index contributed by atoms with van der Waals surface area (Å²) in [5.41, 5.74) is 0. The van der Waals surface area contributed by atoms with Crippen molar-refractivity contribution < 1.29 is 0 Å². The number of unbranched alkanes of at least 4 members (excludes halogenated alkanes) is 1. The number of hydrogen-bond acceptors (Lipinski definition) is 2. The summed E-state index contributed by atoms with van der Waals surface area (Å²) in [6.07, 6.45) is 2.66. The van der Waals surface area contributed by atoms with Crippen molar-refractivity contribution in [3.8, 4) is 0 Å². The molecule has 0 bridgehead atoms. The lowest BCUT2D eigenvalue weighted by Gasteiger charge is -2.38. The van der Waals surface area contributed by atoms with E-state index in [2.05, 4.69) is 31.0 Å². The Kier molecular flexibility index (Phi) is 4.74. The average molecular weight is 184 g/mol. The van der Waals surface area contributed by atoms with E-state index >= 15 is 0 Å². The predicted octanol–water partition coefficient (Wildman–Crippen LogP) is 1.72. The third-order valence-corrected chi connectivity index (χ3v) is 2.97. The average Bonchev–Trinajstić information content (AvgIpc) is 2.15. The van der Waals surface area contributed by atoms with Crippen molar-refractivity contribution in [1.29, 1.82) is 0 Å². The maximum Gasteiger partial charge on any atom is 0.0244 e. The van der Waals surface area contributed by atoms with Gasteiger partial charge in [-0.1, -0.05) is 27.2 Å². The first-order chi connectivity index (χ1) is 6.25. The van der Waals surface area contributed by atoms with Crippen LogP contribution in [0.5, 0.6) is 0 Å². The summed E-state index contributed by atoms with van der Waals surface area (Å²) in [5.74, 6) is 0.782. The molecule has 2 nitrogen and oxygen atoms in total. The molecule has 0 aromatic carbocycles. The summed E-state index contributed by atoms with van der Waals surface area (Å²) in [6.45, 7) is 11.8. The van der Waals surface area contributed by atoms with Crippen LogP contribution in [-0.4, -0.2) is 37.1 Å². The summed E-state index contributed by atoms with van der Waals surface area (Å²) in [6, 6.07) is 0.764. The van der Waals surface area contributed by atoms with Crippen LogP contribution in [0, 0.1) is 5.92 Å². The highest BCUT2D eigenvalue weighted by atomic mass is 15.2. The lowest BCUT2D eigenvalue weighted by Crippen LogP contribution is -2.53. The van der Waals surface area contributed by atoms with Crippen LogP contribution < -0.4 is 5.32 Å². The molecule has 1 aliphatic rings. The quantitative estimate of drug-likeness (QED) is 0.715. The van der Waals surface area contributed by atoms with Gasteiger partial charge in [0.25, 0.3) is 0 Å². The van der Waals surface area contributed by atoms with Crippen molar-refractivity contribution in [1.82, 2.24) is 10.2 Å². The number of nitrogens with zero attached hydrogens (tertiary/aromatic N) is 1. The molecule has 2 heteroatoms. The van der Waals surface area contributed by atoms with Crippen LogP contribution in [0.4, 0.5) is 0 Å². The monoisotopic (exact) mass is 184 g/mol. The minimum atomic E-state index is 0.764. The largest absolute Gasteiger partial charge is 0.314 e. The molecule has 1 rings (SSSR count). The molecule has 13 heavy (non-hydrogen) atoms. The summed E-state index contributed by atoms with van der Waals surface area (Å²) in [4.78, 5) is 2.66. The SMILES string of the molecule is CCCCN1CCNCC1C(C)C. The second-order valence-electron chi connectivity index (χ2n) is 4.41. The third kappa shape index (κ3) is 3.28. The smallest absolute Gasteiger partial charge is 0.0244 e. The molecule has 0 aromatic heterocycles. The van der Waals surface area contributed by atoms with Crippen LogP contribution >= 0.6 is 0 Å². The second-order valence-corrected chi connectivity index (χ2v) is 4.41. The van der Waals surface area contributed by atoms with E-state index < -0.39 is 0 Å². The standard InChI is InChI=1S/C11H24N2/c1-4-5-7-13-8-6-12-9-11(13)10(2)3/h10-12H,4-9H2,1-3H3. The summed E-state index contributed by atoms with van der Waals surface area (Å²) in [7, 11) is 0. The van der Waals surface area contributed by atoms with E-state index in [0.717, 1.165) is 12.0 Å². The zero-order valence-corrected chi connectivity index (χ0v) is 9.34. The van der Waals surface area contributed by atoms with Gasteiger partial charge in [0.15, 0.2) is 0 Å². The number of nitrogens with one attached hydrogen (secondary N) is 1. The van der Waals surface area contributed by atoms with E-state index in [0.29, 0.717) is 0 Å². The number of hydrogen-bond donors (Lipinski definition) is 1. The van der Waals surface area contributed by atoms with Gasteiger partial charge >= 0.3 is 0 Å². The topological polar surface area (TPSA) is 15.3 Å². The maximum atomic E-state index is 3.48. The molecule has 0 radical (unpaired) electrons. The van der Waals surface area contributed by atoms with E-state index in [-0.39, 0.29) is 0 Å². The molecule has 1 heterocycles. The molecule has 1 N–H and O–H groups in total. The molecule has 0 spiro atoms. The molecule has 0 saturated carbocycles. The minimum Gasteiger partial charge on any atom is -0.314 e. The highest BCUT2D eigenvalue weighted by Gasteiger charge is 2.23. The van der Waals surface area contributed by atoms with Gasteiger partial charge in [-0.25, -0.2) is 0 Å². The lowest BCUT2D eigenvalue weighted by atomic mass is 10.0. The molecule has 0 aliphatic carbocycles. The highest BCUT2D eigenvalue weighted by Crippen LogP contribution is 2.13. The van der Waals surface area contributed by atoms with Crippen molar-refractivity contribution in [2.45, 2.75) is 39.7 Å². The van der Waals surface area contributed by atoms with Gasteiger partial charge in [-0.15, -0.1) is 0 Å². The fraction of sp³-hybridized carbons (Fsp3) is 1.00. The summed E-state index contributed by atoms with van der Waals surface area (Å²) >= 11 is 0. The van der Waals surface area contributed by atoms with E-state index in [1.54, 1.807) is 0 Å². The third-order valence-electron chi connectivity index (χ3n) is 2.97. The van der Waals surface area contributed by atoms with Gasteiger partial charge in [-0.05, 0) is 18.9 Å². The van der Waals surface area contributed by atoms with Crippen LogP contribution in [0.1, 0.15) is 33.6 Å². The summed E-state index contributed by atoms with van der Waals surface area (Å²) in [5, 5.41) is 3.48. The minimum absolute atomic E-state index is 0.764. The van der Waals surface area contributed by atoms with Gasteiger partial charge in [0.2, 0.25) is 0 Å². The van der Waals surface area contributed by atoms with E-state index in [1.165, 1.54) is 39.0 Å². The van der Waals surface area contributed by atoms with Gasteiger partial charge in [0.1, 0.15) is 0 Å². The van der Waals surface area contributed by atoms with Crippen molar-refractivity contribution >= 4 is 0 Å². The molecular formula is C11H24N2. The molecule has 78 valence electrons. The maximum absolute atomic E-state index is 3.48. The Morgan fingerprint density at radius 3 is 2.85 bits per heavy atom. The molecule has 1 aliphatic heterocycles. The Balaban J connectivity index is 2.37. The van der Waals surface area contributed by atoms with E-state index in [4.69, 9.17) is 0 Å². The van der Waals surface area contributed by atoms with Crippen molar-refractivity contribution in [3.05, 3.63) is 0 Å². The van der Waals surface area contributed by atoms with Crippen LogP contribution in [0.15, 0.2) is 0 Å². The van der Waals surface area contributed by atoms with Crippen LogP contribution in [0.3, 0.4) is 0 Å². The van der Waals surface area contributed by atoms with Gasteiger partial charge in [-0.3, -0.25) is 4.90 Å². The first-order valence-electron chi connectivity index (χ1n) is 5.70. The molecule has 1 saturated heterocycles. The van der Waals surface area contributed by atoms with E-state index in [1.807, 2.05) is 0 Å². The zero-order valence-electron chi connectivity index (χ0n) is 9.34. The van der Waals surface area contributed by atoms with Crippen molar-refractivity contribution in [2.75, 3.05) is 26.2 Å². The summed E-state index contributed by atoms with van der Waals surface area (Å²) < 4.78 is 0. The first kappa shape index (κ1) is 11.0. The van der Waals surface area contributed by atoms with Crippen LogP contribution in [0.25, 0.3) is 0 Å². The van der Waals surface area contributed by atoms with Gasteiger partial charge in [-0.2, -0.15) is 0 Å². The Bertz CT molecular complexity index is 134. The van der Waals surface area contributed by atoms with Gasteiger partial charge < -0.3 is 5.32 Å². The molecule has 1 unspecified atom stereocenters. The molecule has 1 fully saturated rings. The second kappa shape index (κ2) is 5.61.